The van der Waals surface area contributed by atoms with Crippen LogP contribution in [-0.2, 0) is 4.79 Å². The molecule has 108 valence electrons. The monoisotopic (exact) mass is 268 g/mol. The molecule has 5 heteroatoms. The molecular weight excluding hydrogens is 244 g/mol. The average Bonchev–Trinajstić information content (AvgIpc) is 3.07. The van der Waals surface area contributed by atoms with Gasteiger partial charge in [-0.05, 0) is 37.0 Å². The fraction of sp³-hybridized carbons (Fsp3) is 0.857. The highest BCUT2D eigenvalue weighted by molar-refractivity contribution is 5.82. The number of hydrogen-bond donors (Lipinski definition) is 3. The topological polar surface area (TPSA) is 78.4 Å². The van der Waals surface area contributed by atoms with Gasteiger partial charge in [-0.15, -0.1) is 0 Å². The van der Waals surface area contributed by atoms with Crippen molar-refractivity contribution >= 4 is 12.0 Å². The Labute approximate surface area is 114 Å². The second-order valence-corrected chi connectivity index (χ2v) is 6.21. The summed E-state index contributed by atoms with van der Waals surface area (Å²) in [5, 5.41) is 14.5. The third kappa shape index (κ3) is 4.73. The lowest BCUT2D eigenvalue weighted by Crippen LogP contribution is -2.47. The molecule has 5 nitrogen and oxygen atoms in total. The summed E-state index contributed by atoms with van der Waals surface area (Å²) < 4.78 is 0. The molecule has 0 aromatic heterocycles. The Kier molecular flexibility index (Phi) is 4.66. The summed E-state index contributed by atoms with van der Waals surface area (Å²) in [6.45, 7) is 2.89. The molecular formula is C14H24N2O3. The predicted octanol–water partition coefficient (Wildman–Crippen LogP) is 1.98. The lowest BCUT2D eigenvalue weighted by atomic mass is 10.1. The number of carbonyl (C=O) groups is 2. The zero-order valence-electron chi connectivity index (χ0n) is 11.5. The highest BCUT2D eigenvalue weighted by Crippen LogP contribution is 2.33. The molecule has 0 heterocycles. The van der Waals surface area contributed by atoms with Gasteiger partial charge in [0.15, 0.2) is 0 Å². The van der Waals surface area contributed by atoms with Gasteiger partial charge < -0.3 is 15.7 Å². The van der Waals surface area contributed by atoms with E-state index in [1.165, 1.54) is 6.42 Å². The van der Waals surface area contributed by atoms with Gasteiger partial charge in [-0.2, -0.15) is 0 Å². The molecule has 2 amide bonds. The molecule has 0 aliphatic heterocycles. The summed E-state index contributed by atoms with van der Waals surface area (Å²) in [4.78, 5) is 22.8. The van der Waals surface area contributed by atoms with Gasteiger partial charge in [0.2, 0.25) is 0 Å². The van der Waals surface area contributed by atoms with Crippen LogP contribution >= 0.6 is 0 Å². The number of nitrogens with one attached hydrogen (secondary N) is 2. The zero-order valence-corrected chi connectivity index (χ0v) is 11.5. The molecule has 2 fully saturated rings. The minimum atomic E-state index is -0.934. The second-order valence-electron chi connectivity index (χ2n) is 6.21. The summed E-state index contributed by atoms with van der Waals surface area (Å²) in [5.74, 6) is 0.845. The standard InChI is InChI=1S/C14H24N2O3/c1-9-2-3-11(6-9)8-15-14(19)16-12(13(17)18)7-10-4-5-10/h9-12H,2-8H2,1H3,(H,17,18)(H2,15,16,19)/t9?,11?,12-/m0/s1. The first-order valence-corrected chi connectivity index (χ1v) is 7.31. The molecule has 2 unspecified atom stereocenters. The lowest BCUT2D eigenvalue weighted by molar-refractivity contribution is -0.139. The number of amides is 2. The highest BCUT2D eigenvalue weighted by Gasteiger charge is 2.30. The van der Waals surface area contributed by atoms with E-state index in [9.17, 15) is 9.59 Å². The number of aliphatic carboxylic acids is 1. The van der Waals surface area contributed by atoms with Crippen LogP contribution in [0.3, 0.4) is 0 Å². The number of rotatable bonds is 6. The van der Waals surface area contributed by atoms with Crippen LogP contribution in [0.5, 0.6) is 0 Å². The van der Waals surface area contributed by atoms with Crippen LogP contribution in [0.1, 0.15) is 45.4 Å². The Morgan fingerprint density at radius 2 is 1.89 bits per heavy atom. The van der Waals surface area contributed by atoms with Crippen molar-refractivity contribution in [2.75, 3.05) is 6.54 Å². The van der Waals surface area contributed by atoms with Crippen LogP contribution in [0.2, 0.25) is 0 Å². The Bertz CT molecular complexity index is 342. The largest absolute Gasteiger partial charge is 0.480 e. The number of hydrogen-bond acceptors (Lipinski definition) is 2. The number of carboxylic acids is 1. The van der Waals surface area contributed by atoms with Gasteiger partial charge in [-0.3, -0.25) is 0 Å². The first-order valence-electron chi connectivity index (χ1n) is 7.31. The van der Waals surface area contributed by atoms with Crippen molar-refractivity contribution in [2.45, 2.75) is 51.5 Å². The van der Waals surface area contributed by atoms with Crippen LogP contribution in [0, 0.1) is 17.8 Å². The first-order chi connectivity index (χ1) is 9.04. The maximum Gasteiger partial charge on any atom is 0.326 e. The smallest absolute Gasteiger partial charge is 0.326 e. The van der Waals surface area contributed by atoms with Crippen LogP contribution < -0.4 is 10.6 Å². The number of urea groups is 1. The molecule has 3 N–H and O–H groups in total. The minimum absolute atomic E-state index is 0.340. The Hall–Kier alpha value is -1.26. The van der Waals surface area contributed by atoms with Gasteiger partial charge in [-0.1, -0.05) is 26.2 Å². The van der Waals surface area contributed by atoms with E-state index >= 15 is 0 Å². The molecule has 0 aromatic carbocycles. The van der Waals surface area contributed by atoms with E-state index in [1.807, 2.05) is 0 Å². The maximum absolute atomic E-state index is 11.7. The molecule has 0 spiro atoms. The Morgan fingerprint density at radius 1 is 1.21 bits per heavy atom. The van der Waals surface area contributed by atoms with Gasteiger partial charge in [0.1, 0.15) is 6.04 Å². The summed E-state index contributed by atoms with van der Waals surface area (Å²) in [6, 6.07) is -1.08. The molecule has 2 rings (SSSR count). The van der Waals surface area contributed by atoms with Crippen molar-refractivity contribution < 1.29 is 14.7 Å². The molecule has 3 atom stereocenters. The van der Waals surface area contributed by atoms with Crippen molar-refractivity contribution in [3.63, 3.8) is 0 Å². The van der Waals surface area contributed by atoms with E-state index in [2.05, 4.69) is 17.6 Å². The molecule has 2 saturated carbocycles. The summed E-state index contributed by atoms with van der Waals surface area (Å²) in [7, 11) is 0. The van der Waals surface area contributed by atoms with E-state index in [4.69, 9.17) is 5.11 Å². The van der Waals surface area contributed by atoms with E-state index in [1.54, 1.807) is 0 Å². The van der Waals surface area contributed by atoms with Crippen molar-refractivity contribution in [3.05, 3.63) is 0 Å². The highest BCUT2D eigenvalue weighted by atomic mass is 16.4. The Balaban J connectivity index is 1.68. The van der Waals surface area contributed by atoms with Crippen molar-refractivity contribution in [2.24, 2.45) is 17.8 Å². The Morgan fingerprint density at radius 3 is 2.42 bits per heavy atom. The average molecular weight is 268 g/mol. The molecule has 0 aromatic rings. The summed E-state index contributed by atoms with van der Waals surface area (Å²) in [6.07, 6.45) is 6.29. The van der Waals surface area contributed by atoms with E-state index in [-0.39, 0.29) is 6.03 Å². The third-order valence-corrected chi connectivity index (χ3v) is 4.22. The molecule has 2 aliphatic rings. The van der Waals surface area contributed by atoms with E-state index in [0.29, 0.717) is 24.8 Å². The van der Waals surface area contributed by atoms with Gasteiger partial charge in [0.25, 0.3) is 0 Å². The van der Waals surface area contributed by atoms with Gasteiger partial charge >= 0.3 is 12.0 Å². The zero-order chi connectivity index (χ0) is 13.8. The van der Waals surface area contributed by atoms with E-state index < -0.39 is 12.0 Å². The lowest BCUT2D eigenvalue weighted by Gasteiger charge is -2.16. The molecule has 0 radical (unpaired) electrons. The molecule has 0 bridgehead atoms. The molecule has 0 saturated heterocycles. The molecule has 19 heavy (non-hydrogen) atoms. The number of carbonyl (C=O) groups excluding carboxylic acids is 1. The van der Waals surface area contributed by atoms with Gasteiger partial charge in [-0.25, -0.2) is 9.59 Å². The quantitative estimate of drug-likeness (QED) is 0.689. The SMILES string of the molecule is CC1CCC(CNC(=O)N[C@@H](CC2CC2)C(=O)O)C1. The fourth-order valence-electron chi connectivity index (χ4n) is 2.87. The van der Waals surface area contributed by atoms with Crippen molar-refractivity contribution in [3.8, 4) is 0 Å². The maximum atomic E-state index is 11.7. The van der Waals surface area contributed by atoms with E-state index in [0.717, 1.165) is 31.6 Å². The van der Waals surface area contributed by atoms with Gasteiger partial charge in [0, 0.05) is 6.54 Å². The predicted molar refractivity (Wildman–Crippen MR) is 71.8 cm³/mol. The van der Waals surface area contributed by atoms with Crippen LogP contribution in [-0.4, -0.2) is 29.7 Å². The minimum Gasteiger partial charge on any atom is -0.480 e. The fourth-order valence-corrected chi connectivity index (χ4v) is 2.87. The normalized spacial score (nSPS) is 27.8. The summed E-state index contributed by atoms with van der Waals surface area (Å²) in [5.41, 5.74) is 0. The van der Waals surface area contributed by atoms with Crippen molar-refractivity contribution in [1.29, 1.82) is 0 Å². The molecule has 2 aliphatic carbocycles. The third-order valence-electron chi connectivity index (χ3n) is 4.22. The van der Waals surface area contributed by atoms with Crippen LogP contribution in [0.15, 0.2) is 0 Å². The van der Waals surface area contributed by atoms with Crippen LogP contribution in [0.25, 0.3) is 0 Å². The summed E-state index contributed by atoms with van der Waals surface area (Å²) >= 11 is 0. The van der Waals surface area contributed by atoms with Crippen molar-refractivity contribution in [1.82, 2.24) is 10.6 Å². The number of carboxylic acid groups (broad SMARTS) is 1. The second kappa shape index (κ2) is 6.26. The first kappa shape index (κ1) is 14.2. The van der Waals surface area contributed by atoms with Gasteiger partial charge in [0.05, 0.1) is 0 Å². The van der Waals surface area contributed by atoms with Crippen LogP contribution in [0.4, 0.5) is 4.79 Å².